The molecule has 1 fully saturated rings. The van der Waals surface area contributed by atoms with Crippen molar-refractivity contribution in [3.05, 3.63) is 166 Å². The first-order valence-corrected chi connectivity index (χ1v) is 20.1. The van der Waals surface area contributed by atoms with Crippen molar-refractivity contribution in [3.63, 3.8) is 0 Å². The molecule has 2 heterocycles. The molecule has 0 spiro atoms. The molecule has 254 valence electrons. The molecule has 50 heavy (non-hydrogen) atoms. The van der Waals surface area contributed by atoms with Gasteiger partial charge in [-0.05, 0) is 136 Å². The zero-order valence-electron chi connectivity index (χ0n) is 29.7. The van der Waals surface area contributed by atoms with Crippen molar-refractivity contribution >= 4 is 0 Å². The third-order valence-corrected chi connectivity index (χ3v) is 13.4. The van der Waals surface area contributed by atoms with Crippen LogP contribution in [0.2, 0.25) is 0 Å². The second-order valence-electron chi connectivity index (χ2n) is 16.2. The predicted molar refractivity (Wildman–Crippen MR) is 207 cm³/mol. The maximum absolute atomic E-state index is 2.83. The minimum Gasteiger partial charge on any atom is -0.341 e. The Hall–Kier alpha value is -4.04. The summed E-state index contributed by atoms with van der Waals surface area (Å²) >= 11 is 0. The summed E-state index contributed by atoms with van der Waals surface area (Å²) in [7, 11) is 0. The molecule has 0 aromatic carbocycles. The fourth-order valence-corrected chi connectivity index (χ4v) is 11.1. The van der Waals surface area contributed by atoms with E-state index in [0.717, 1.165) is 19.3 Å². The third kappa shape index (κ3) is 5.28. The van der Waals surface area contributed by atoms with Gasteiger partial charge >= 0.3 is 0 Å². The van der Waals surface area contributed by atoms with Crippen molar-refractivity contribution < 1.29 is 0 Å². The average Bonchev–Trinajstić information content (AvgIpc) is 3.71. The Morgan fingerprint density at radius 2 is 1.44 bits per heavy atom. The van der Waals surface area contributed by atoms with Crippen LogP contribution in [0.25, 0.3) is 0 Å². The van der Waals surface area contributed by atoms with Gasteiger partial charge in [-0.25, -0.2) is 0 Å². The summed E-state index contributed by atoms with van der Waals surface area (Å²) in [5.41, 5.74) is 15.6. The number of hydrogen-bond acceptors (Lipinski definition) is 2. The van der Waals surface area contributed by atoms with E-state index in [1.54, 1.807) is 28.1 Å². The maximum atomic E-state index is 2.83. The van der Waals surface area contributed by atoms with E-state index in [2.05, 4.69) is 119 Å². The zero-order valence-corrected chi connectivity index (χ0v) is 29.7. The summed E-state index contributed by atoms with van der Waals surface area (Å²) < 4.78 is 0. The Balaban J connectivity index is 0.977. The van der Waals surface area contributed by atoms with Gasteiger partial charge < -0.3 is 9.80 Å². The minimum absolute atomic E-state index is 0.382. The maximum Gasteiger partial charge on any atom is 0.0623 e. The number of nitrogens with zero attached hydrogens (tertiary/aromatic N) is 2. The van der Waals surface area contributed by atoms with Crippen LogP contribution >= 0.6 is 0 Å². The molecule has 6 atom stereocenters. The van der Waals surface area contributed by atoms with E-state index in [-0.39, 0.29) is 0 Å². The van der Waals surface area contributed by atoms with Crippen molar-refractivity contribution in [2.45, 2.75) is 102 Å². The summed E-state index contributed by atoms with van der Waals surface area (Å²) in [5.74, 6) is 2.26. The SMILES string of the molecule is C1=CC2C3=C(CCC(C4CCC5C6=C(CCC=C6)N(C6=CCCC=C6)C5C4)=C3)N(C3=CC(C4=CCCC=C4)=CC(C4=CCCC=C4)C3)C2C=C1. The molecule has 10 rings (SSSR count). The Morgan fingerprint density at radius 1 is 0.620 bits per heavy atom. The molecule has 0 saturated heterocycles. The highest BCUT2D eigenvalue weighted by atomic mass is 15.2. The van der Waals surface area contributed by atoms with Crippen molar-refractivity contribution in [3.8, 4) is 0 Å². The fourth-order valence-electron chi connectivity index (χ4n) is 11.1. The number of fused-ring (bicyclic) bond motifs is 4. The summed E-state index contributed by atoms with van der Waals surface area (Å²) in [5, 5.41) is 0. The zero-order chi connectivity index (χ0) is 33.0. The van der Waals surface area contributed by atoms with Gasteiger partial charge in [0.15, 0.2) is 0 Å². The average molecular weight is 657 g/mol. The van der Waals surface area contributed by atoms with Gasteiger partial charge in [0.2, 0.25) is 0 Å². The second kappa shape index (κ2) is 12.9. The van der Waals surface area contributed by atoms with Gasteiger partial charge in [-0.1, -0.05) is 103 Å². The number of hydrogen-bond donors (Lipinski definition) is 0. The van der Waals surface area contributed by atoms with Gasteiger partial charge in [0.25, 0.3) is 0 Å². The van der Waals surface area contributed by atoms with E-state index in [4.69, 9.17) is 0 Å². The minimum atomic E-state index is 0.382. The van der Waals surface area contributed by atoms with Crippen LogP contribution < -0.4 is 0 Å². The van der Waals surface area contributed by atoms with E-state index in [9.17, 15) is 0 Å². The standard InChI is InChI=1S/C48H52N2/c1-4-14-33(15-5-1)37-28-38(34-16-6-2-7-17-34)30-40(29-37)50-46-23-13-11-21-42(46)44-31-35(25-27-47(44)50)36-24-26-43-41-20-10-12-22-45(41)49(48(43)32-36)39-18-8-3-9-19-39/h4,6,8,10-11,13-21,23,28-29,31,36,38,42-43,46,48H,1-3,5,7,9,12,22,24-27,30,32H2. The van der Waals surface area contributed by atoms with Crippen molar-refractivity contribution in [1.82, 2.24) is 9.80 Å². The van der Waals surface area contributed by atoms with Crippen molar-refractivity contribution in [2.24, 2.45) is 23.7 Å². The monoisotopic (exact) mass is 656 g/mol. The molecule has 2 aliphatic heterocycles. The molecular weight excluding hydrogens is 605 g/mol. The Kier molecular flexibility index (Phi) is 7.96. The van der Waals surface area contributed by atoms with E-state index < -0.39 is 0 Å². The Bertz CT molecular complexity index is 1900. The van der Waals surface area contributed by atoms with E-state index in [0.29, 0.717) is 35.8 Å². The summed E-state index contributed by atoms with van der Waals surface area (Å²) in [6.45, 7) is 0. The highest BCUT2D eigenvalue weighted by molar-refractivity contribution is 5.55. The molecule has 10 aliphatic rings. The van der Waals surface area contributed by atoms with Crippen LogP contribution in [-0.4, -0.2) is 21.9 Å². The lowest BCUT2D eigenvalue weighted by Gasteiger charge is -2.41. The molecule has 0 radical (unpaired) electrons. The molecule has 8 aliphatic carbocycles. The largest absolute Gasteiger partial charge is 0.341 e. The first-order chi connectivity index (χ1) is 24.8. The molecule has 0 aromatic rings. The van der Waals surface area contributed by atoms with Crippen molar-refractivity contribution in [2.75, 3.05) is 0 Å². The van der Waals surface area contributed by atoms with Crippen LogP contribution in [0.3, 0.4) is 0 Å². The lowest BCUT2D eigenvalue weighted by atomic mass is 9.71. The molecule has 0 N–H and O–H groups in total. The fraction of sp³-hybridized carbons (Fsp3) is 0.417. The van der Waals surface area contributed by atoms with E-state index >= 15 is 0 Å². The number of rotatable bonds is 5. The lowest BCUT2D eigenvalue weighted by Crippen LogP contribution is -2.39. The van der Waals surface area contributed by atoms with Crippen LogP contribution in [0.4, 0.5) is 0 Å². The van der Waals surface area contributed by atoms with Gasteiger partial charge in [0.1, 0.15) is 0 Å². The predicted octanol–water partition coefficient (Wildman–Crippen LogP) is 11.7. The molecule has 0 bridgehead atoms. The highest BCUT2D eigenvalue weighted by Gasteiger charge is 2.47. The van der Waals surface area contributed by atoms with Crippen LogP contribution in [0.1, 0.15) is 89.9 Å². The van der Waals surface area contributed by atoms with Crippen LogP contribution in [0.5, 0.6) is 0 Å². The third-order valence-electron chi connectivity index (χ3n) is 13.4. The Labute approximate surface area is 300 Å². The van der Waals surface area contributed by atoms with Crippen molar-refractivity contribution in [1.29, 1.82) is 0 Å². The molecule has 0 amide bonds. The molecular formula is C48H52N2. The summed E-state index contributed by atoms with van der Waals surface area (Å²) in [4.78, 5) is 5.64. The summed E-state index contributed by atoms with van der Waals surface area (Å²) in [6.07, 6.45) is 61.2. The summed E-state index contributed by atoms with van der Waals surface area (Å²) in [6, 6.07) is 0.991. The molecule has 2 heteroatoms. The second-order valence-corrected chi connectivity index (χ2v) is 16.2. The molecule has 6 unspecified atom stereocenters. The van der Waals surface area contributed by atoms with Gasteiger partial charge in [-0.15, -0.1) is 0 Å². The van der Waals surface area contributed by atoms with Crippen LogP contribution in [0, 0.1) is 23.7 Å². The molecule has 0 aromatic heterocycles. The normalized spacial score (nSPS) is 34.1. The van der Waals surface area contributed by atoms with Gasteiger partial charge in [-0.2, -0.15) is 0 Å². The highest BCUT2D eigenvalue weighted by Crippen LogP contribution is 2.54. The Morgan fingerprint density at radius 3 is 2.28 bits per heavy atom. The molecule has 2 nitrogen and oxygen atoms in total. The van der Waals surface area contributed by atoms with E-state index in [1.807, 2.05) is 0 Å². The van der Waals surface area contributed by atoms with E-state index in [1.165, 1.54) is 98.7 Å². The lowest BCUT2D eigenvalue weighted by molar-refractivity contribution is 0.193. The smallest absolute Gasteiger partial charge is 0.0623 e. The topological polar surface area (TPSA) is 6.48 Å². The van der Waals surface area contributed by atoms with Crippen LogP contribution in [-0.2, 0) is 0 Å². The quantitative estimate of drug-likeness (QED) is 0.291. The van der Waals surface area contributed by atoms with Gasteiger partial charge in [0, 0.05) is 46.6 Å². The molecule has 1 saturated carbocycles. The first-order valence-electron chi connectivity index (χ1n) is 20.1. The van der Waals surface area contributed by atoms with Gasteiger partial charge in [0.05, 0.1) is 6.04 Å². The van der Waals surface area contributed by atoms with Crippen LogP contribution in [0.15, 0.2) is 166 Å². The first kappa shape index (κ1) is 30.8. The van der Waals surface area contributed by atoms with Gasteiger partial charge in [-0.3, -0.25) is 0 Å². The number of allylic oxidation sites excluding steroid dienone is 23.